The van der Waals surface area contributed by atoms with Gasteiger partial charge in [0.1, 0.15) is 6.04 Å². The number of aryl methyl sites for hydroxylation is 1. The van der Waals surface area contributed by atoms with Gasteiger partial charge in [0.05, 0.1) is 11.4 Å². The number of carbonyl (C=O) groups is 2. The molecule has 1 aliphatic carbocycles. The number of rotatable bonds is 3. The maximum atomic E-state index is 12.9. The van der Waals surface area contributed by atoms with Gasteiger partial charge >= 0.3 is 5.97 Å². The molecule has 3 atom stereocenters. The van der Waals surface area contributed by atoms with E-state index < -0.39 is 12.0 Å². The first-order valence-corrected chi connectivity index (χ1v) is 8.71. The van der Waals surface area contributed by atoms with Crippen molar-refractivity contribution < 1.29 is 14.7 Å². The van der Waals surface area contributed by atoms with Crippen LogP contribution < -0.4 is 0 Å². The molecule has 1 aromatic heterocycles. The third-order valence-corrected chi connectivity index (χ3v) is 5.51. The monoisotopic (exact) mass is 339 g/mol. The van der Waals surface area contributed by atoms with Crippen LogP contribution in [0.4, 0.5) is 0 Å². The van der Waals surface area contributed by atoms with Crippen LogP contribution in [-0.4, -0.2) is 44.3 Å². The van der Waals surface area contributed by atoms with E-state index in [-0.39, 0.29) is 11.8 Å². The maximum absolute atomic E-state index is 12.9. The molecule has 1 saturated carbocycles. The first-order valence-electron chi connectivity index (χ1n) is 8.71. The summed E-state index contributed by atoms with van der Waals surface area (Å²) in [5.41, 5.74) is 2.32. The SMILES string of the molecule is Cc1ccn(-c2ccc(C(=O)N3CC4CCCC4C3C(=O)O)cc2)n1. The van der Waals surface area contributed by atoms with E-state index in [2.05, 4.69) is 5.10 Å². The van der Waals surface area contributed by atoms with Crippen molar-refractivity contribution in [1.29, 1.82) is 0 Å². The number of nitrogens with zero attached hydrogens (tertiary/aromatic N) is 3. The molecule has 1 saturated heterocycles. The Balaban J connectivity index is 1.57. The van der Waals surface area contributed by atoms with Crippen molar-refractivity contribution >= 4 is 11.9 Å². The van der Waals surface area contributed by atoms with Crippen LogP contribution in [0, 0.1) is 18.8 Å². The number of carboxylic acids is 1. The fourth-order valence-corrected chi connectivity index (χ4v) is 4.31. The zero-order valence-corrected chi connectivity index (χ0v) is 14.1. The third kappa shape index (κ3) is 2.71. The molecular weight excluding hydrogens is 318 g/mol. The number of benzene rings is 1. The summed E-state index contributed by atoms with van der Waals surface area (Å²) < 4.78 is 1.75. The summed E-state index contributed by atoms with van der Waals surface area (Å²) in [6, 6.07) is 8.41. The van der Waals surface area contributed by atoms with Crippen molar-refractivity contribution in [2.75, 3.05) is 6.54 Å². The van der Waals surface area contributed by atoms with E-state index in [0.29, 0.717) is 18.0 Å². The predicted molar refractivity (Wildman–Crippen MR) is 91.6 cm³/mol. The molecule has 1 aromatic carbocycles. The van der Waals surface area contributed by atoms with Gasteiger partial charge in [0.2, 0.25) is 0 Å². The maximum Gasteiger partial charge on any atom is 0.326 e. The molecule has 2 aliphatic rings. The minimum atomic E-state index is -0.883. The highest BCUT2D eigenvalue weighted by molar-refractivity contribution is 5.97. The van der Waals surface area contributed by atoms with Crippen molar-refractivity contribution in [3.63, 3.8) is 0 Å². The molecule has 2 heterocycles. The highest BCUT2D eigenvalue weighted by Crippen LogP contribution is 2.42. The van der Waals surface area contributed by atoms with Gasteiger partial charge in [-0.3, -0.25) is 4.79 Å². The fraction of sp³-hybridized carbons (Fsp3) is 0.421. The van der Waals surface area contributed by atoms with E-state index in [1.807, 2.05) is 31.3 Å². The average Bonchev–Trinajstić information content (AvgIpc) is 3.29. The number of hydrogen-bond donors (Lipinski definition) is 1. The Kier molecular flexibility index (Phi) is 3.82. The van der Waals surface area contributed by atoms with Crippen molar-refractivity contribution in [1.82, 2.24) is 14.7 Å². The van der Waals surface area contributed by atoms with E-state index >= 15 is 0 Å². The van der Waals surface area contributed by atoms with E-state index in [9.17, 15) is 14.7 Å². The molecule has 4 rings (SSSR count). The number of hydrogen-bond acceptors (Lipinski definition) is 3. The van der Waals surface area contributed by atoms with Gasteiger partial charge in [0.25, 0.3) is 5.91 Å². The predicted octanol–water partition coefficient (Wildman–Crippen LogP) is 2.51. The molecule has 130 valence electrons. The van der Waals surface area contributed by atoms with Crippen LogP contribution in [0.5, 0.6) is 0 Å². The second kappa shape index (κ2) is 6.02. The lowest BCUT2D eigenvalue weighted by Crippen LogP contribution is -2.43. The Morgan fingerprint density at radius 2 is 1.92 bits per heavy atom. The Hall–Kier alpha value is -2.63. The molecule has 6 nitrogen and oxygen atoms in total. The number of carbonyl (C=O) groups excluding carboxylic acids is 1. The van der Waals surface area contributed by atoms with E-state index in [1.54, 1.807) is 21.7 Å². The van der Waals surface area contributed by atoms with Gasteiger partial charge in [-0.2, -0.15) is 5.10 Å². The van der Waals surface area contributed by atoms with Crippen molar-refractivity contribution in [3.05, 3.63) is 47.8 Å². The van der Waals surface area contributed by atoms with Crippen LogP contribution >= 0.6 is 0 Å². The lowest BCUT2D eigenvalue weighted by atomic mass is 9.94. The first kappa shape index (κ1) is 15.9. The second-order valence-corrected chi connectivity index (χ2v) is 7.04. The molecule has 0 bridgehead atoms. The molecule has 1 amide bonds. The summed E-state index contributed by atoms with van der Waals surface area (Å²) >= 11 is 0. The van der Waals surface area contributed by atoms with E-state index in [4.69, 9.17) is 0 Å². The molecule has 0 spiro atoms. The van der Waals surface area contributed by atoms with Gasteiger partial charge in [-0.1, -0.05) is 6.42 Å². The molecule has 2 fully saturated rings. The van der Waals surface area contributed by atoms with Crippen LogP contribution in [0.1, 0.15) is 35.3 Å². The van der Waals surface area contributed by atoms with Crippen molar-refractivity contribution in [2.45, 2.75) is 32.2 Å². The van der Waals surface area contributed by atoms with Gasteiger partial charge < -0.3 is 10.0 Å². The Morgan fingerprint density at radius 3 is 2.56 bits per heavy atom. The largest absolute Gasteiger partial charge is 0.480 e. The molecule has 2 aromatic rings. The second-order valence-electron chi connectivity index (χ2n) is 7.04. The van der Waals surface area contributed by atoms with Gasteiger partial charge in [-0.05, 0) is 61.9 Å². The quantitative estimate of drug-likeness (QED) is 0.932. The number of aromatic nitrogens is 2. The van der Waals surface area contributed by atoms with Gasteiger partial charge in [-0.25, -0.2) is 9.48 Å². The molecular formula is C19H21N3O3. The topological polar surface area (TPSA) is 75.4 Å². The molecule has 3 unspecified atom stereocenters. The summed E-state index contributed by atoms with van der Waals surface area (Å²) in [6.07, 6.45) is 4.87. The lowest BCUT2D eigenvalue weighted by Gasteiger charge is -2.24. The molecule has 25 heavy (non-hydrogen) atoms. The number of likely N-dealkylation sites (tertiary alicyclic amines) is 1. The molecule has 0 radical (unpaired) electrons. The zero-order chi connectivity index (χ0) is 17.6. The Morgan fingerprint density at radius 1 is 1.16 bits per heavy atom. The van der Waals surface area contributed by atoms with Crippen molar-refractivity contribution in [2.24, 2.45) is 11.8 Å². The van der Waals surface area contributed by atoms with Crippen molar-refractivity contribution in [3.8, 4) is 5.69 Å². The summed E-state index contributed by atoms with van der Waals surface area (Å²) in [7, 11) is 0. The van der Waals surface area contributed by atoms with Crippen LogP contribution in [0.3, 0.4) is 0 Å². The van der Waals surface area contributed by atoms with Gasteiger partial charge in [-0.15, -0.1) is 0 Å². The van der Waals surface area contributed by atoms with Crippen LogP contribution in [0.2, 0.25) is 0 Å². The third-order valence-electron chi connectivity index (χ3n) is 5.51. The van der Waals surface area contributed by atoms with Gasteiger partial charge in [0.15, 0.2) is 0 Å². The molecule has 1 N–H and O–H groups in total. The van der Waals surface area contributed by atoms with Crippen LogP contribution in [-0.2, 0) is 4.79 Å². The smallest absolute Gasteiger partial charge is 0.326 e. The number of fused-ring (bicyclic) bond motifs is 1. The van der Waals surface area contributed by atoms with E-state index in [1.165, 1.54) is 0 Å². The number of aliphatic carboxylic acids is 1. The van der Waals surface area contributed by atoms with Gasteiger partial charge in [0, 0.05) is 18.3 Å². The summed E-state index contributed by atoms with van der Waals surface area (Å²) in [5, 5.41) is 14.0. The lowest BCUT2D eigenvalue weighted by molar-refractivity contribution is -0.142. The standard InChI is InChI=1S/C19H21N3O3/c1-12-9-10-22(20-12)15-7-5-13(6-8-15)18(23)21-11-14-3-2-4-16(14)17(21)19(24)25/h5-10,14,16-17H,2-4,11H2,1H3,(H,24,25). The molecule has 6 heteroatoms. The number of carboxylic acid groups (broad SMARTS) is 1. The summed E-state index contributed by atoms with van der Waals surface area (Å²) in [5.74, 6) is -0.638. The minimum Gasteiger partial charge on any atom is -0.480 e. The van der Waals surface area contributed by atoms with E-state index in [0.717, 1.165) is 30.6 Å². The Bertz CT molecular complexity index is 812. The number of amides is 1. The molecule has 1 aliphatic heterocycles. The normalized spacial score (nSPS) is 25.2. The zero-order valence-electron chi connectivity index (χ0n) is 14.1. The van der Waals surface area contributed by atoms with Crippen LogP contribution in [0.25, 0.3) is 5.69 Å². The summed E-state index contributed by atoms with van der Waals surface area (Å²) in [4.78, 5) is 26.2. The highest BCUT2D eigenvalue weighted by atomic mass is 16.4. The summed E-state index contributed by atoms with van der Waals surface area (Å²) in [6.45, 7) is 2.48. The average molecular weight is 339 g/mol. The van der Waals surface area contributed by atoms with Crippen LogP contribution in [0.15, 0.2) is 36.5 Å². The Labute approximate surface area is 146 Å². The minimum absolute atomic E-state index is 0.104. The fourth-order valence-electron chi connectivity index (χ4n) is 4.31. The highest BCUT2D eigenvalue weighted by Gasteiger charge is 2.49. The first-order chi connectivity index (χ1) is 12.0.